The lowest BCUT2D eigenvalue weighted by molar-refractivity contribution is 0.100. The Balaban J connectivity index is 2.13. The third-order valence-electron chi connectivity index (χ3n) is 3.80. The summed E-state index contributed by atoms with van der Waals surface area (Å²) in [5.41, 5.74) is 6.54. The molecule has 1 amide bonds. The Morgan fingerprint density at radius 2 is 2.10 bits per heavy atom. The van der Waals surface area contributed by atoms with Gasteiger partial charge in [-0.2, -0.15) is 4.98 Å². The van der Waals surface area contributed by atoms with E-state index in [1.807, 2.05) is 0 Å². The van der Waals surface area contributed by atoms with Crippen LogP contribution in [0.3, 0.4) is 0 Å². The number of rotatable bonds is 2. The second kappa shape index (κ2) is 5.20. The molecule has 2 heterocycles. The first kappa shape index (κ1) is 14.2. The lowest BCUT2D eigenvalue weighted by Gasteiger charge is -2.38. The highest BCUT2D eigenvalue weighted by Crippen LogP contribution is 2.31. The maximum Gasteiger partial charge on any atom is 0.298 e. The maximum absolute atomic E-state index is 11.6. The second-order valence-electron chi connectivity index (χ2n) is 5.39. The molecule has 0 bridgehead atoms. The Kier molecular flexibility index (Phi) is 3.51. The summed E-state index contributed by atoms with van der Waals surface area (Å²) >= 11 is 6.04. The highest BCUT2D eigenvalue weighted by atomic mass is 35.5. The zero-order valence-electron chi connectivity index (χ0n) is 11.9. The third kappa shape index (κ3) is 2.34. The molecule has 21 heavy (non-hydrogen) atoms. The number of nitrogens with zero attached hydrogens (tertiary/aromatic N) is 2. The number of nitrogens with one attached hydrogen (secondary N) is 1. The van der Waals surface area contributed by atoms with E-state index in [0.29, 0.717) is 17.1 Å². The summed E-state index contributed by atoms with van der Waals surface area (Å²) in [6.07, 6.45) is 0. The molecular formula is C14H17ClN4O2. The van der Waals surface area contributed by atoms with Crippen LogP contribution in [0.2, 0.25) is 5.02 Å². The molecule has 3 N–H and O–H groups in total. The average Bonchev–Trinajstić information content (AvgIpc) is 2.81. The van der Waals surface area contributed by atoms with Crippen molar-refractivity contribution in [1.82, 2.24) is 10.3 Å². The maximum atomic E-state index is 11.6. The average molecular weight is 309 g/mol. The molecule has 2 atom stereocenters. The summed E-state index contributed by atoms with van der Waals surface area (Å²) in [7, 11) is 0. The molecule has 6 nitrogen and oxygen atoms in total. The number of halogens is 1. The zero-order valence-corrected chi connectivity index (χ0v) is 12.6. The highest BCUT2D eigenvalue weighted by molar-refractivity contribution is 6.35. The molecule has 1 aliphatic heterocycles. The quantitative estimate of drug-likeness (QED) is 0.883. The second-order valence-corrected chi connectivity index (χ2v) is 5.80. The van der Waals surface area contributed by atoms with Crippen LogP contribution in [0.25, 0.3) is 11.1 Å². The molecule has 1 aromatic carbocycles. The topological polar surface area (TPSA) is 84.4 Å². The van der Waals surface area contributed by atoms with Gasteiger partial charge >= 0.3 is 0 Å². The van der Waals surface area contributed by atoms with Crippen LogP contribution < -0.4 is 16.0 Å². The number of oxazole rings is 1. The number of aromatic nitrogens is 1. The fourth-order valence-electron chi connectivity index (χ4n) is 2.81. The smallest absolute Gasteiger partial charge is 0.298 e. The van der Waals surface area contributed by atoms with E-state index in [1.165, 1.54) is 0 Å². The number of piperazine rings is 1. The van der Waals surface area contributed by atoms with Gasteiger partial charge in [0.2, 0.25) is 0 Å². The molecule has 112 valence electrons. The SMILES string of the molecule is C[C@H]1CNC[C@H](C)N1c1nc2c(C(N)=O)c(Cl)ccc2o1. The number of hydrogen-bond acceptors (Lipinski definition) is 5. The van der Waals surface area contributed by atoms with Gasteiger partial charge in [-0.15, -0.1) is 0 Å². The largest absolute Gasteiger partial charge is 0.423 e. The Hall–Kier alpha value is -1.79. The van der Waals surface area contributed by atoms with E-state index in [9.17, 15) is 4.79 Å². The van der Waals surface area contributed by atoms with Crippen LogP contribution in [-0.2, 0) is 0 Å². The summed E-state index contributed by atoms with van der Waals surface area (Å²) in [5.74, 6) is -0.605. The molecule has 1 aliphatic rings. The van der Waals surface area contributed by atoms with E-state index in [4.69, 9.17) is 21.8 Å². The molecule has 7 heteroatoms. The van der Waals surface area contributed by atoms with Crippen LogP contribution in [0, 0.1) is 0 Å². The number of anilines is 1. The van der Waals surface area contributed by atoms with Gasteiger partial charge in [0.25, 0.3) is 11.9 Å². The fraction of sp³-hybridized carbons (Fsp3) is 0.429. The van der Waals surface area contributed by atoms with Gasteiger partial charge in [-0.05, 0) is 26.0 Å². The van der Waals surface area contributed by atoms with E-state index in [0.717, 1.165) is 13.1 Å². The molecular weight excluding hydrogens is 292 g/mol. The van der Waals surface area contributed by atoms with Gasteiger partial charge in [0.15, 0.2) is 5.58 Å². The minimum Gasteiger partial charge on any atom is -0.423 e. The standard InChI is InChI=1S/C14H17ClN4O2/c1-7-5-17-6-8(2)19(7)14-18-12-10(21-14)4-3-9(15)11(12)13(16)20/h3-4,7-8,17H,5-6H2,1-2H3,(H2,16,20)/t7-,8-/m0/s1. The van der Waals surface area contributed by atoms with Crippen molar-refractivity contribution in [3.05, 3.63) is 22.7 Å². The van der Waals surface area contributed by atoms with Gasteiger partial charge in [0, 0.05) is 25.2 Å². The van der Waals surface area contributed by atoms with Crippen molar-refractivity contribution in [3.63, 3.8) is 0 Å². The number of hydrogen-bond donors (Lipinski definition) is 2. The van der Waals surface area contributed by atoms with Crippen LogP contribution in [0.5, 0.6) is 0 Å². The predicted octanol–water partition coefficient (Wildman–Crippen LogP) is 1.77. The van der Waals surface area contributed by atoms with Gasteiger partial charge < -0.3 is 20.4 Å². The minimum atomic E-state index is -0.605. The first-order valence-corrected chi connectivity index (χ1v) is 7.24. The monoisotopic (exact) mass is 308 g/mol. The van der Waals surface area contributed by atoms with Gasteiger partial charge in [0.05, 0.1) is 10.6 Å². The van der Waals surface area contributed by atoms with E-state index in [2.05, 4.69) is 29.0 Å². The van der Waals surface area contributed by atoms with Crippen molar-refractivity contribution in [2.75, 3.05) is 18.0 Å². The normalized spacial score (nSPS) is 22.7. The summed E-state index contributed by atoms with van der Waals surface area (Å²) in [4.78, 5) is 18.2. The number of nitrogens with two attached hydrogens (primary N) is 1. The first-order chi connectivity index (χ1) is 9.99. The van der Waals surface area contributed by atoms with Crippen molar-refractivity contribution < 1.29 is 9.21 Å². The number of amides is 1. The van der Waals surface area contributed by atoms with E-state index in [1.54, 1.807) is 12.1 Å². The minimum absolute atomic E-state index is 0.208. The lowest BCUT2D eigenvalue weighted by atomic mass is 10.1. The third-order valence-corrected chi connectivity index (χ3v) is 4.11. The van der Waals surface area contributed by atoms with Crippen LogP contribution in [0.15, 0.2) is 16.5 Å². The molecule has 2 aromatic rings. The predicted molar refractivity (Wildman–Crippen MR) is 81.8 cm³/mol. The molecule has 0 radical (unpaired) electrons. The van der Waals surface area contributed by atoms with Gasteiger partial charge in [-0.3, -0.25) is 4.79 Å². The van der Waals surface area contributed by atoms with E-state index < -0.39 is 5.91 Å². The number of carbonyl (C=O) groups excluding carboxylic acids is 1. The Labute approximate surface area is 127 Å². The van der Waals surface area contributed by atoms with Crippen molar-refractivity contribution in [2.45, 2.75) is 25.9 Å². The fourth-order valence-corrected chi connectivity index (χ4v) is 3.06. The van der Waals surface area contributed by atoms with Crippen molar-refractivity contribution in [1.29, 1.82) is 0 Å². The van der Waals surface area contributed by atoms with E-state index >= 15 is 0 Å². The van der Waals surface area contributed by atoms with Gasteiger partial charge in [-0.25, -0.2) is 0 Å². The molecule has 1 fully saturated rings. The summed E-state index contributed by atoms with van der Waals surface area (Å²) < 4.78 is 5.81. The van der Waals surface area contributed by atoms with Crippen molar-refractivity contribution >= 4 is 34.6 Å². The van der Waals surface area contributed by atoms with Crippen molar-refractivity contribution in [2.24, 2.45) is 5.73 Å². The van der Waals surface area contributed by atoms with Crippen LogP contribution in [0.4, 0.5) is 6.01 Å². The Morgan fingerprint density at radius 1 is 1.43 bits per heavy atom. The summed E-state index contributed by atoms with van der Waals surface area (Å²) in [6, 6.07) is 4.29. The number of carbonyl (C=O) groups is 1. The van der Waals surface area contributed by atoms with Crippen molar-refractivity contribution in [3.8, 4) is 0 Å². The highest BCUT2D eigenvalue weighted by Gasteiger charge is 2.29. The molecule has 1 saturated heterocycles. The van der Waals surface area contributed by atoms with Crippen LogP contribution in [-0.4, -0.2) is 36.1 Å². The molecule has 3 rings (SSSR count). The molecule has 0 unspecified atom stereocenters. The van der Waals surface area contributed by atoms with Crippen LogP contribution in [0.1, 0.15) is 24.2 Å². The first-order valence-electron chi connectivity index (χ1n) is 6.87. The zero-order chi connectivity index (χ0) is 15.1. The van der Waals surface area contributed by atoms with Gasteiger partial charge in [0.1, 0.15) is 5.52 Å². The Morgan fingerprint density at radius 3 is 2.71 bits per heavy atom. The number of fused-ring (bicyclic) bond motifs is 1. The Bertz CT molecular complexity index is 690. The number of benzene rings is 1. The lowest BCUT2D eigenvalue weighted by Crippen LogP contribution is -2.55. The molecule has 1 aromatic heterocycles. The van der Waals surface area contributed by atoms with E-state index in [-0.39, 0.29) is 22.7 Å². The summed E-state index contributed by atoms with van der Waals surface area (Å²) in [5, 5.41) is 3.64. The number of primary amides is 1. The van der Waals surface area contributed by atoms with Crippen LogP contribution >= 0.6 is 11.6 Å². The molecule has 0 saturated carbocycles. The molecule has 0 aliphatic carbocycles. The van der Waals surface area contributed by atoms with Gasteiger partial charge in [-0.1, -0.05) is 11.6 Å². The summed E-state index contributed by atoms with van der Waals surface area (Å²) in [6.45, 7) is 5.90. The molecule has 0 spiro atoms.